The summed E-state index contributed by atoms with van der Waals surface area (Å²) in [6.07, 6.45) is 0. The van der Waals surface area contributed by atoms with E-state index in [-0.39, 0.29) is 31.0 Å². The molecule has 0 aliphatic carbocycles. The fraction of sp³-hybridized carbons (Fsp3) is 0.0769. The minimum Gasteiger partial charge on any atom is -1.00 e. The number of aryl methyl sites for hydroxylation is 1. The zero-order chi connectivity index (χ0) is 9.97. The average Bonchev–Trinajstić information content (AvgIpc) is 2.20. The van der Waals surface area contributed by atoms with E-state index in [1.165, 1.54) is 5.56 Å². The SMILES string of the molecule is Cc1ccccc1-c1ccccc1O.[H-].[Na+]. The number of para-hydroxylation sites is 1. The molecule has 0 bridgehead atoms. The van der Waals surface area contributed by atoms with Crippen LogP contribution in [0.1, 0.15) is 6.99 Å². The summed E-state index contributed by atoms with van der Waals surface area (Å²) in [4.78, 5) is 0. The Morgan fingerprint density at radius 1 is 0.867 bits per heavy atom. The minimum atomic E-state index is 0. The molecule has 0 fully saturated rings. The van der Waals surface area contributed by atoms with Crippen LogP contribution < -0.4 is 29.6 Å². The van der Waals surface area contributed by atoms with Gasteiger partial charge < -0.3 is 6.53 Å². The van der Waals surface area contributed by atoms with Crippen molar-refractivity contribution in [1.29, 1.82) is 0 Å². The van der Waals surface area contributed by atoms with E-state index in [0.717, 1.165) is 11.1 Å². The Kier molecular flexibility index (Phi) is 4.40. The molecule has 2 heteroatoms. The molecule has 0 aromatic heterocycles. The van der Waals surface area contributed by atoms with Gasteiger partial charge in [0.15, 0.2) is 0 Å². The topological polar surface area (TPSA) is 20.2 Å². The fourth-order valence-electron chi connectivity index (χ4n) is 1.58. The first-order chi connectivity index (χ1) is 6.79. The summed E-state index contributed by atoms with van der Waals surface area (Å²) in [5.74, 6) is 0.335. The van der Waals surface area contributed by atoms with E-state index >= 15 is 0 Å². The van der Waals surface area contributed by atoms with E-state index in [4.69, 9.17) is 0 Å². The van der Waals surface area contributed by atoms with Crippen LogP contribution >= 0.6 is 0 Å². The number of benzene rings is 2. The van der Waals surface area contributed by atoms with Crippen molar-refractivity contribution in [3.05, 3.63) is 54.1 Å². The monoisotopic (exact) mass is 208 g/mol. The summed E-state index contributed by atoms with van der Waals surface area (Å²) in [6.45, 7) is 2.04. The first-order valence-electron chi connectivity index (χ1n) is 4.63. The molecule has 0 amide bonds. The van der Waals surface area contributed by atoms with Crippen LogP contribution in [-0.2, 0) is 0 Å². The summed E-state index contributed by atoms with van der Waals surface area (Å²) < 4.78 is 0. The van der Waals surface area contributed by atoms with Crippen LogP contribution in [0.3, 0.4) is 0 Å². The molecular weight excluding hydrogens is 195 g/mol. The molecular formula is C13H13NaO. The van der Waals surface area contributed by atoms with E-state index in [0.29, 0.717) is 5.75 Å². The van der Waals surface area contributed by atoms with Crippen molar-refractivity contribution in [2.75, 3.05) is 0 Å². The Bertz CT molecular complexity index is 414. The number of hydrogen-bond donors (Lipinski definition) is 1. The molecule has 0 saturated carbocycles. The van der Waals surface area contributed by atoms with Crippen LogP contribution in [0.15, 0.2) is 48.5 Å². The van der Waals surface area contributed by atoms with Gasteiger partial charge in [-0.3, -0.25) is 0 Å². The Balaban J connectivity index is 0.00000112. The largest absolute Gasteiger partial charge is 1.00 e. The number of rotatable bonds is 1. The van der Waals surface area contributed by atoms with Gasteiger partial charge in [-0.05, 0) is 24.1 Å². The van der Waals surface area contributed by atoms with Gasteiger partial charge in [-0.25, -0.2) is 0 Å². The van der Waals surface area contributed by atoms with Crippen molar-refractivity contribution in [2.24, 2.45) is 0 Å². The smallest absolute Gasteiger partial charge is 1.00 e. The second kappa shape index (κ2) is 5.36. The fourth-order valence-corrected chi connectivity index (χ4v) is 1.58. The molecule has 2 aromatic carbocycles. The normalized spacial score (nSPS) is 9.40. The molecule has 0 radical (unpaired) electrons. The third kappa shape index (κ3) is 2.63. The van der Waals surface area contributed by atoms with Crippen molar-refractivity contribution < 1.29 is 36.1 Å². The van der Waals surface area contributed by atoms with E-state index in [2.05, 4.69) is 0 Å². The summed E-state index contributed by atoms with van der Waals surface area (Å²) in [5, 5.41) is 9.69. The van der Waals surface area contributed by atoms with Crippen molar-refractivity contribution in [2.45, 2.75) is 6.92 Å². The van der Waals surface area contributed by atoms with Crippen molar-refractivity contribution in [1.82, 2.24) is 0 Å². The summed E-state index contributed by atoms with van der Waals surface area (Å²) in [6, 6.07) is 15.4. The average molecular weight is 208 g/mol. The molecule has 0 aliphatic heterocycles. The molecule has 2 rings (SSSR count). The molecule has 0 saturated heterocycles. The first kappa shape index (κ1) is 12.3. The number of phenolic OH excluding ortho intramolecular Hbond substituents is 1. The van der Waals surface area contributed by atoms with Gasteiger partial charge >= 0.3 is 29.6 Å². The first-order valence-corrected chi connectivity index (χ1v) is 4.63. The van der Waals surface area contributed by atoms with Crippen LogP contribution in [0.2, 0.25) is 0 Å². The van der Waals surface area contributed by atoms with E-state index in [9.17, 15) is 5.11 Å². The van der Waals surface area contributed by atoms with Gasteiger partial charge in [-0.2, -0.15) is 0 Å². The van der Waals surface area contributed by atoms with Gasteiger partial charge in [0.2, 0.25) is 0 Å². The van der Waals surface area contributed by atoms with Crippen LogP contribution in [-0.4, -0.2) is 5.11 Å². The van der Waals surface area contributed by atoms with Crippen molar-refractivity contribution in [3.63, 3.8) is 0 Å². The maximum absolute atomic E-state index is 9.69. The molecule has 0 heterocycles. The molecule has 2 aromatic rings. The van der Waals surface area contributed by atoms with E-state index < -0.39 is 0 Å². The third-order valence-corrected chi connectivity index (χ3v) is 2.34. The number of phenols is 1. The predicted octanol–water partition coefficient (Wildman–Crippen LogP) is 0.484. The van der Waals surface area contributed by atoms with Gasteiger partial charge in [0.1, 0.15) is 5.75 Å². The maximum Gasteiger partial charge on any atom is 1.00 e. The quantitative estimate of drug-likeness (QED) is 0.676. The van der Waals surface area contributed by atoms with Gasteiger partial charge in [0, 0.05) is 5.56 Å². The second-order valence-electron chi connectivity index (χ2n) is 3.33. The Labute approximate surface area is 114 Å². The Morgan fingerprint density at radius 2 is 1.40 bits per heavy atom. The van der Waals surface area contributed by atoms with Crippen LogP contribution in [0.4, 0.5) is 0 Å². The van der Waals surface area contributed by atoms with Gasteiger partial charge in [-0.15, -0.1) is 0 Å². The van der Waals surface area contributed by atoms with Crippen molar-refractivity contribution in [3.8, 4) is 16.9 Å². The molecule has 1 nitrogen and oxygen atoms in total. The second-order valence-corrected chi connectivity index (χ2v) is 3.33. The summed E-state index contributed by atoms with van der Waals surface area (Å²) >= 11 is 0. The minimum absolute atomic E-state index is 0. The maximum atomic E-state index is 9.69. The molecule has 0 atom stereocenters. The molecule has 0 spiro atoms. The van der Waals surface area contributed by atoms with Crippen LogP contribution in [0.5, 0.6) is 5.75 Å². The zero-order valence-electron chi connectivity index (χ0n) is 10.1. The Hall–Kier alpha value is -0.760. The molecule has 0 unspecified atom stereocenters. The number of aromatic hydroxyl groups is 1. The van der Waals surface area contributed by atoms with E-state index in [1.807, 2.05) is 49.4 Å². The van der Waals surface area contributed by atoms with Gasteiger partial charge in [0.25, 0.3) is 0 Å². The predicted molar refractivity (Wildman–Crippen MR) is 59.4 cm³/mol. The zero-order valence-corrected chi connectivity index (χ0v) is 11.1. The van der Waals surface area contributed by atoms with Crippen LogP contribution in [0.25, 0.3) is 11.1 Å². The summed E-state index contributed by atoms with van der Waals surface area (Å²) in [7, 11) is 0. The summed E-state index contributed by atoms with van der Waals surface area (Å²) in [5.41, 5.74) is 3.16. The number of hydrogen-bond acceptors (Lipinski definition) is 1. The third-order valence-electron chi connectivity index (χ3n) is 2.34. The molecule has 0 aliphatic rings. The Morgan fingerprint density at radius 3 is 2.00 bits per heavy atom. The van der Waals surface area contributed by atoms with Crippen LogP contribution in [0, 0.1) is 6.92 Å². The molecule has 15 heavy (non-hydrogen) atoms. The van der Waals surface area contributed by atoms with Gasteiger partial charge in [-0.1, -0.05) is 42.5 Å². The van der Waals surface area contributed by atoms with Gasteiger partial charge in [0.05, 0.1) is 0 Å². The van der Waals surface area contributed by atoms with Crippen molar-refractivity contribution >= 4 is 0 Å². The standard InChI is InChI=1S/C13H12O.Na.H/c1-10-6-2-3-7-11(10)12-8-4-5-9-13(12)14;;/h2-9,14H,1H3;;/q;+1;-1. The molecule has 72 valence electrons. The van der Waals surface area contributed by atoms with E-state index in [1.54, 1.807) is 6.07 Å². The molecule has 1 N–H and O–H groups in total.